The van der Waals surface area contributed by atoms with Crippen molar-refractivity contribution in [2.24, 2.45) is 5.84 Å². The maximum absolute atomic E-state index is 6.28. The smallest absolute Gasteiger partial charge is 0.0503 e. The van der Waals surface area contributed by atoms with Gasteiger partial charge in [-0.15, -0.1) is 0 Å². The van der Waals surface area contributed by atoms with Crippen LogP contribution in [0.25, 0.3) is 0 Å². The fourth-order valence-electron chi connectivity index (χ4n) is 2.15. The lowest BCUT2D eigenvalue weighted by molar-refractivity contribution is 0.549. The number of halogens is 3. The summed E-state index contributed by atoms with van der Waals surface area (Å²) in [5.74, 6) is 5.73. The first-order valence-electron chi connectivity index (χ1n) is 6.17. The molecule has 3 N–H and O–H groups in total. The Balaban J connectivity index is 2.31. The molecule has 2 aromatic carbocycles. The number of hydrogen-bond acceptors (Lipinski definition) is 2. The highest BCUT2D eigenvalue weighted by molar-refractivity contribution is 9.10. The summed E-state index contributed by atoms with van der Waals surface area (Å²) in [7, 11) is 0. The molecule has 2 nitrogen and oxygen atoms in total. The van der Waals surface area contributed by atoms with Gasteiger partial charge in [-0.1, -0.05) is 55.6 Å². The highest BCUT2D eigenvalue weighted by atomic mass is 79.9. The van der Waals surface area contributed by atoms with Gasteiger partial charge in [0.05, 0.1) is 6.04 Å². The topological polar surface area (TPSA) is 38.0 Å². The van der Waals surface area contributed by atoms with Gasteiger partial charge in [0.2, 0.25) is 0 Å². The standard InChI is InChI=1S/C15H15Br2ClN2/c1-9-2-4-11(16)7-13(9)15(20-19)6-10-3-5-12(17)8-14(10)18/h2-5,7-8,15,20H,6,19H2,1H3. The van der Waals surface area contributed by atoms with Crippen molar-refractivity contribution in [1.29, 1.82) is 0 Å². The van der Waals surface area contributed by atoms with Crippen molar-refractivity contribution in [2.75, 3.05) is 0 Å². The minimum absolute atomic E-state index is 0.0196. The van der Waals surface area contributed by atoms with Gasteiger partial charge in [-0.3, -0.25) is 11.3 Å². The van der Waals surface area contributed by atoms with E-state index in [2.05, 4.69) is 56.3 Å². The summed E-state index contributed by atoms with van der Waals surface area (Å²) in [6.07, 6.45) is 0.736. The molecule has 0 fully saturated rings. The second-order valence-corrected chi connectivity index (χ2v) is 6.90. The summed E-state index contributed by atoms with van der Waals surface area (Å²) in [4.78, 5) is 0. The molecule has 0 heterocycles. The first-order valence-corrected chi connectivity index (χ1v) is 8.13. The number of benzene rings is 2. The van der Waals surface area contributed by atoms with Gasteiger partial charge in [-0.25, -0.2) is 0 Å². The van der Waals surface area contributed by atoms with Crippen molar-refractivity contribution in [3.05, 3.63) is 67.1 Å². The lowest BCUT2D eigenvalue weighted by Crippen LogP contribution is -2.30. The molecule has 5 heteroatoms. The van der Waals surface area contributed by atoms with Crippen LogP contribution in [0.5, 0.6) is 0 Å². The third kappa shape index (κ3) is 3.83. The summed E-state index contributed by atoms with van der Waals surface area (Å²) < 4.78 is 2.02. The lowest BCUT2D eigenvalue weighted by Gasteiger charge is -2.19. The molecule has 0 spiro atoms. The van der Waals surface area contributed by atoms with E-state index in [0.717, 1.165) is 26.0 Å². The quantitative estimate of drug-likeness (QED) is 0.546. The molecule has 1 unspecified atom stereocenters. The van der Waals surface area contributed by atoms with E-state index in [9.17, 15) is 0 Å². The number of nitrogens with two attached hydrogens (primary N) is 1. The maximum Gasteiger partial charge on any atom is 0.0503 e. The highest BCUT2D eigenvalue weighted by Crippen LogP contribution is 2.28. The van der Waals surface area contributed by atoms with Gasteiger partial charge in [-0.05, 0) is 54.3 Å². The molecule has 0 aliphatic rings. The van der Waals surface area contributed by atoms with Crippen LogP contribution in [0.15, 0.2) is 45.3 Å². The number of hydrogen-bond donors (Lipinski definition) is 2. The van der Waals surface area contributed by atoms with Crippen LogP contribution in [0.1, 0.15) is 22.7 Å². The van der Waals surface area contributed by atoms with Gasteiger partial charge in [0.15, 0.2) is 0 Å². The van der Waals surface area contributed by atoms with Crippen LogP contribution in [0, 0.1) is 6.92 Å². The summed E-state index contributed by atoms with van der Waals surface area (Å²) in [6.45, 7) is 2.08. The Kier molecular flexibility index (Phi) is 5.64. The van der Waals surface area contributed by atoms with Gasteiger partial charge in [0.25, 0.3) is 0 Å². The molecule has 0 bridgehead atoms. The van der Waals surface area contributed by atoms with E-state index in [1.807, 2.05) is 24.3 Å². The van der Waals surface area contributed by atoms with Gasteiger partial charge in [0.1, 0.15) is 0 Å². The van der Waals surface area contributed by atoms with Crippen LogP contribution >= 0.6 is 43.5 Å². The van der Waals surface area contributed by atoms with Gasteiger partial charge in [0, 0.05) is 14.0 Å². The molecule has 0 aromatic heterocycles. The molecule has 2 rings (SSSR count). The van der Waals surface area contributed by atoms with Crippen LogP contribution in [-0.4, -0.2) is 0 Å². The first-order chi connectivity index (χ1) is 9.51. The Labute approximate surface area is 140 Å². The molecule has 106 valence electrons. The molecule has 0 aliphatic carbocycles. The van der Waals surface area contributed by atoms with E-state index in [4.69, 9.17) is 17.4 Å². The molecule has 0 radical (unpaired) electrons. The molecule has 1 atom stereocenters. The van der Waals surface area contributed by atoms with Crippen molar-refractivity contribution < 1.29 is 0 Å². The summed E-state index contributed by atoms with van der Waals surface area (Å²) >= 11 is 13.2. The third-order valence-electron chi connectivity index (χ3n) is 3.26. The van der Waals surface area contributed by atoms with Gasteiger partial charge in [-0.2, -0.15) is 0 Å². The number of hydrazine groups is 1. The highest BCUT2D eigenvalue weighted by Gasteiger charge is 2.15. The van der Waals surface area contributed by atoms with E-state index in [1.54, 1.807) is 0 Å². The minimum Gasteiger partial charge on any atom is -0.271 e. The summed E-state index contributed by atoms with van der Waals surface area (Å²) in [5, 5.41) is 0.743. The molecule has 20 heavy (non-hydrogen) atoms. The SMILES string of the molecule is Cc1ccc(Br)cc1C(Cc1ccc(Br)cc1Cl)NN. The average molecular weight is 419 g/mol. The zero-order valence-corrected chi connectivity index (χ0v) is 14.9. The number of rotatable bonds is 4. The van der Waals surface area contributed by atoms with Gasteiger partial charge >= 0.3 is 0 Å². The molecule has 2 aromatic rings. The van der Waals surface area contributed by atoms with Crippen LogP contribution in [0.3, 0.4) is 0 Å². The van der Waals surface area contributed by atoms with Crippen LogP contribution in [0.2, 0.25) is 5.02 Å². The second-order valence-electron chi connectivity index (χ2n) is 4.66. The monoisotopic (exact) mass is 416 g/mol. The van der Waals surface area contributed by atoms with Crippen molar-refractivity contribution in [3.8, 4) is 0 Å². The Morgan fingerprint density at radius 2 is 1.80 bits per heavy atom. The maximum atomic E-state index is 6.28. The van der Waals surface area contributed by atoms with E-state index < -0.39 is 0 Å². The van der Waals surface area contributed by atoms with Crippen molar-refractivity contribution in [3.63, 3.8) is 0 Å². The van der Waals surface area contributed by atoms with Crippen molar-refractivity contribution >= 4 is 43.5 Å². The summed E-state index contributed by atoms with van der Waals surface area (Å²) in [6, 6.07) is 12.1. The second kappa shape index (κ2) is 7.05. The van der Waals surface area contributed by atoms with Crippen LogP contribution in [-0.2, 0) is 6.42 Å². The predicted molar refractivity (Wildman–Crippen MR) is 91.8 cm³/mol. The Morgan fingerprint density at radius 1 is 1.15 bits per heavy atom. The van der Waals surface area contributed by atoms with Crippen LogP contribution in [0.4, 0.5) is 0 Å². The van der Waals surface area contributed by atoms with Crippen molar-refractivity contribution in [1.82, 2.24) is 5.43 Å². The number of nitrogens with one attached hydrogen (secondary N) is 1. The fourth-order valence-corrected chi connectivity index (χ4v) is 3.28. The molecule has 0 aliphatic heterocycles. The van der Waals surface area contributed by atoms with E-state index >= 15 is 0 Å². The largest absolute Gasteiger partial charge is 0.271 e. The average Bonchev–Trinajstić information content (AvgIpc) is 2.41. The van der Waals surface area contributed by atoms with Gasteiger partial charge < -0.3 is 0 Å². The minimum atomic E-state index is 0.0196. The third-order valence-corrected chi connectivity index (χ3v) is 4.60. The normalized spacial score (nSPS) is 12.4. The lowest BCUT2D eigenvalue weighted by atomic mass is 9.96. The molecule has 0 saturated carbocycles. The zero-order valence-electron chi connectivity index (χ0n) is 11.0. The van der Waals surface area contributed by atoms with E-state index in [1.165, 1.54) is 11.1 Å². The first kappa shape index (κ1) is 16.0. The Bertz CT molecular complexity index is 617. The molecular weight excluding hydrogens is 403 g/mol. The zero-order chi connectivity index (χ0) is 14.7. The molecular formula is C15H15Br2ClN2. The molecule has 0 saturated heterocycles. The fraction of sp³-hybridized carbons (Fsp3) is 0.200. The predicted octanol–water partition coefficient (Wildman–Crippen LogP) is 4.92. The summed E-state index contributed by atoms with van der Waals surface area (Å²) in [5.41, 5.74) is 6.32. The van der Waals surface area contributed by atoms with E-state index in [0.29, 0.717) is 0 Å². The van der Waals surface area contributed by atoms with Crippen LogP contribution < -0.4 is 11.3 Å². The Hall–Kier alpha value is -0.390. The van der Waals surface area contributed by atoms with E-state index in [-0.39, 0.29) is 6.04 Å². The Morgan fingerprint density at radius 3 is 2.45 bits per heavy atom. The number of aryl methyl sites for hydroxylation is 1. The van der Waals surface area contributed by atoms with Crippen molar-refractivity contribution in [2.45, 2.75) is 19.4 Å². The molecule has 0 amide bonds.